The first-order valence-corrected chi connectivity index (χ1v) is 7.23. The highest BCUT2D eigenvalue weighted by atomic mass is 32.1. The van der Waals surface area contributed by atoms with Crippen LogP contribution in [0.15, 0.2) is 0 Å². The zero-order chi connectivity index (χ0) is 11.2. The van der Waals surface area contributed by atoms with E-state index in [9.17, 15) is 0 Å². The fourth-order valence-electron chi connectivity index (χ4n) is 1.58. The standard InChI is InChI=1S/C13H28OS/c1-2-3-4-5-8-11-14-12-9-6-7-10-13-15/h15H,2-13H2,1H3. The van der Waals surface area contributed by atoms with E-state index in [0.717, 1.165) is 19.0 Å². The SMILES string of the molecule is CCCCCCCOCCCCCCS. The van der Waals surface area contributed by atoms with Crippen molar-refractivity contribution in [3.05, 3.63) is 0 Å². The van der Waals surface area contributed by atoms with Crippen LogP contribution in [-0.4, -0.2) is 19.0 Å². The summed E-state index contributed by atoms with van der Waals surface area (Å²) in [5.74, 6) is 1.03. The van der Waals surface area contributed by atoms with Gasteiger partial charge in [-0.15, -0.1) is 0 Å². The fraction of sp³-hybridized carbons (Fsp3) is 1.00. The maximum atomic E-state index is 5.57. The molecular weight excluding hydrogens is 204 g/mol. The van der Waals surface area contributed by atoms with Crippen molar-refractivity contribution in [3.8, 4) is 0 Å². The molecule has 0 spiro atoms. The van der Waals surface area contributed by atoms with Crippen LogP contribution in [0.25, 0.3) is 0 Å². The second-order valence-corrected chi connectivity index (χ2v) is 4.61. The van der Waals surface area contributed by atoms with Gasteiger partial charge in [0.1, 0.15) is 0 Å². The summed E-state index contributed by atoms with van der Waals surface area (Å²) in [5.41, 5.74) is 0. The maximum Gasteiger partial charge on any atom is 0.0466 e. The van der Waals surface area contributed by atoms with Crippen molar-refractivity contribution in [1.29, 1.82) is 0 Å². The molecule has 0 aromatic heterocycles. The first-order chi connectivity index (χ1) is 7.41. The molecule has 0 amide bonds. The van der Waals surface area contributed by atoms with Gasteiger partial charge in [0.15, 0.2) is 0 Å². The Kier molecular flexibility index (Phi) is 14.6. The largest absolute Gasteiger partial charge is 0.381 e. The monoisotopic (exact) mass is 232 g/mol. The number of rotatable bonds is 12. The maximum absolute atomic E-state index is 5.57. The van der Waals surface area contributed by atoms with Gasteiger partial charge in [0.25, 0.3) is 0 Å². The van der Waals surface area contributed by atoms with E-state index in [-0.39, 0.29) is 0 Å². The molecule has 0 aromatic rings. The van der Waals surface area contributed by atoms with Crippen molar-refractivity contribution in [2.24, 2.45) is 0 Å². The molecule has 2 heteroatoms. The Balaban J connectivity index is 2.81. The van der Waals surface area contributed by atoms with Crippen molar-refractivity contribution in [2.75, 3.05) is 19.0 Å². The molecule has 0 rings (SSSR count). The third-order valence-corrected chi connectivity index (χ3v) is 2.91. The quantitative estimate of drug-likeness (QED) is 0.386. The summed E-state index contributed by atoms with van der Waals surface area (Å²) in [7, 11) is 0. The molecule has 0 saturated heterocycles. The number of ether oxygens (including phenoxy) is 1. The molecule has 1 nitrogen and oxygen atoms in total. The van der Waals surface area contributed by atoms with Gasteiger partial charge < -0.3 is 4.74 Å². The highest BCUT2D eigenvalue weighted by molar-refractivity contribution is 7.80. The zero-order valence-electron chi connectivity index (χ0n) is 10.3. The lowest BCUT2D eigenvalue weighted by atomic mass is 10.2. The van der Waals surface area contributed by atoms with Crippen molar-refractivity contribution < 1.29 is 4.74 Å². The lowest BCUT2D eigenvalue weighted by Crippen LogP contribution is -1.97. The van der Waals surface area contributed by atoms with Crippen LogP contribution >= 0.6 is 12.6 Å². The number of hydrogen-bond donors (Lipinski definition) is 1. The van der Waals surface area contributed by atoms with E-state index < -0.39 is 0 Å². The Labute approximate surface area is 101 Å². The third-order valence-electron chi connectivity index (χ3n) is 2.59. The van der Waals surface area contributed by atoms with Crippen LogP contribution in [0, 0.1) is 0 Å². The van der Waals surface area contributed by atoms with Crippen molar-refractivity contribution in [1.82, 2.24) is 0 Å². The predicted molar refractivity (Wildman–Crippen MR) is 71.9 cm³/mol. The molecule has 0 unspecified atom stereocenters. The second kappa shape index (κ2) is 14.3. The highest BCUT2D eigenvalue weighted by Crippen LogP contribution is 2.04. The van der Waals surface area contributed by atoms with Gasteiger partial charge in [-0.3, -0.25) is 0 Å². The smallest absolute Gasteiger partial charge is 0.0466 e. The lowest BCUT2D eigenvalue weighted by Gasteiger charge is -2.03. The van der Waals surface area contributed by atoms with Crippen LogP contribution in [0.4, 0.5) is 0 Å². The van der Waals surface area contributed by atoms with E-state index in [1.807, 2.05) is 0 Å². The van der Waals surface area contributed by atoms with Crippen LogP contribution in [0.5, 0.6) is 0 Å². The molecule has 0 bridgehead atoms. The number of unbranched alkanes of at least 4 members (excludes halogenated alkanes) is 7. The average molecular weight is 232 g/mol. The van der Waals surface area contributed by atoms with E-state index in [0.29, 0.717) is 0 Å². The summed E-state index contributed by atoms with van der Waals surface area (Å²) in [6, 6.07) is 0. The van der Waals surface area contributed by atoms with Gasteiger partial charge in [0.05, 0.1) is 0 Å². The Morgan fingerprint density at radius 1 is 0.733 bits per heavy atom. The van der Waals surface area contributed by atoms with Crippen molar-refractivity contribution in [2.45, 2.75) is 64.7 Å². The Morgan fingerprint density at radius 2 is 1.27 bits per heavy atom. The zero-order valence-corrected chi connectivity index (χ0v) is 11.2. The first kappa shape index (κ1) is 15.3. The van der Waals surface area contributed by atoms with Gasteiger partial charge in [-0.2, -0.15) is 12.6 Å². The molecule has 0 aliphatic carbocycles. The normalized spacial score (nSPS) is 10.8. The Hall–Kier alpha value is 0.310. The molecule has 0 fully saturated rings. The average Bonchev–Trinajstić information content (AvgIpc) is 2.26. The van der Waals surface area contributed by atoms with Gasteiger partial charge in [0, 0.05) is 13.2 Å². The molecule has 92 valence electrons. The summed E-state index contributed by atoms with van der Waals surface area (Å²) >= 11 is 4.19. The molecule has 0 N–H and O–H groups in total. The van der Waals surface area contributed by atoms with Gasteiger partial charge in [0.2, 0.25) is 0 Å². The van der Waals surface area contributed by atoms with Crippen LogP contribution in [0.1, 0.15) is 64.7 Å². The Morgan fingerprint density at radius 3 is 1.80 bits per heavy atom. The number of hydrogen-bond acceptors (Lipinski definition) is 2. The van der Waals surface area contributed by atoms with Crippen LogP contribution < -0.4 is 0 Å². The van der Waals surface area contributed by atoms with E-state index in [1.54, 1.807) is 0 Å². The second-order valence-electron chi connectivity index (χ2n) is 4.16. The van der Waals surface area contributed by atoms with E-state index in [1.165, 1.54) is 57.8 Å². The molecule has 0 aromatic carbocycles. The minimum Gasteiger partial charge on any atom is -0.381 e. The summed E-state index contributed by atoms with van der Waals surface area (Å²) in [4.78, 5) is 0. The van der Waals surface area contributed by atoms with Gasteiger partial charge in [-0.05, 0) is 25.0 Å². The van der Waals surface area contributed by atoms with Gasteiger partial charge >= 0.3 is 0 Å². The molecule has 0 aliphatic heterocycles. The predicted octanol–water partition coefficient (Wildman–Crippen LogP) is 4.46. The van der Waals surface area contributed by atoms with Gasteiger partial charge in [-0.25, -0.2) is 0 Å². The first-order valence-electron chi connectivity index (χ1n) is 6.60. The summed E-state index contributed by atoms with van der Waals surface area (Å²) in [6.45, 7) is 4.18. The van der Waals surface area contributed by atoms with Crippen LogP contribution in [0.2, 0.25) is 0 Å². The van der Waals surface area contributed by atoms with Crippen molar-refractivity contribution in [3.63, 3.8) is 0 Å². The van der Waals surface area contributed by atoms with E-state index in [4.69, 9.17) is 4.74 Å². The van der Waals surface area contributed by atoms with Gasteiger partial charge in [-0.1, -0.05) is 45.4 Å². The van der Waals surface area contributed by atoms with E-state index >= 15 is 0 Å². The highest BCUT2D eigenvalue weighted by Gasteiger charge is 1.91. The number of thiol groups is 1. The topological polar surface area (TPSA) is 9.23 Å². The summed E-state index contributed by atoms with van der Waals surface area (Å²) in [6.07, 6.45) is 11.8. The molecule has 0 atom stereocenters. The Bertz CT molecular complexity index is 94.7. The fourth-order valence-corrected chi connectivity index (χ4v) is 1.80. The molecule has 15 heavy (non-hydrogen) atoms. The summed E-state index contributed by atoms with van der Waals surface area (Å²) < 4.78 is 5.57. The molecule has 0 saturated carbocycles. The lowest BCUT2D eigenvalue weighted by molar-refractivity contribution is 0.126. The minimum absolute atomic E-state index is 0.959. The molecular formula is C13H28OS. The van der Waals surface area contributed by atoms with Crippen LogP contribution in [0.3, 0.4) is 0 Å². The van der Waals surface area contributed by atoms with Crippen LogP contribution in [-0.2, 0) is 4.74 Å². The third kappa shape index (κ3) is 14.3. The molecule has 0 heterocycles. The summed E-state index contributed by atoms with van der Waals surface area (Å²) in [5, 5.41) is 0. The minimum atomic E-state index is 0.959. The van der Waals surface area contributed by atoms with Crippen molar-refractivity contribution >= 4 is 12.6 Å². The molecule has 0 radical (unpaired) electrons. The van der Waals surface area contributed by atoms with E-state index in [2.05, 4.69) is 19.6 Å². The molecule has 0 aliphatic rings.